The summed E-state index contributed by atoms with van der Waals surface area (Å²) in [5.74, 6) is 0. The van der Waals surface area contributed by atoms with E-state index in [4.69, 9.17) is 10.5 Å². The Labute approximate surface area is 99.2 Å². The van der Waals surface area contributed by atoms with Crippen molar-refractivity contribution in [2.24, 2.45) is 12.8 Å². The molecular formula is C10H16N6O. The quantitative estimate of drug-likeness (QED) is 0.776. The predicted molar refractivity (Wildman–Crippen MR) is 62.0 cm³/mol. The molecule has 0 bridgehead atoms. The molecule has 7 heteroatoms. The van der Waals surface area contributed by atoms with Crippen molar-refractivity contribution in [1.82, 2.24) is 24.8 Å². The van der Waals surface area contributed by atoms with E-state index in [-0.39, 0.29) is 0 Å². The molecule has 0 unspecified atom stereocenters. The van der Waals surface area contributed by atoms with Gasteiger partial charge in [-0.05, 0) is 6.07 Å². The summed E-state index contributed by atoms with van der Waals surface area (Å²) in [6.07, 6.45) is 1.74. The van der Waals surface area contributed by atoms with Crippen molar-refractivity contribution >= 4 is 0 Å². The van der Waals surface area contributed by atoms with Gasteiger partial charge in [-0.3, -0.25) is 4.68 Å². The fourth-order valence-corrected chi connectivity index (χ4v) is 1.71. The zero-order valence-corrected chi connectivity index (χ0v) is 10.00. The number of ether oxygens (including phenoxy) is 1. The summed E-state index contributed by atoms with van der Waals surface area (Å²) in [6.45, 7) is 1.58. The van der Waals surface area contributed by atoms with E-state index in [9.17, 15) is 0 Å². The molecule has 2 aromatic heterocycles. The van der Waals surface area contributed by atoms with E-state index in [1.807, 2.05) is 13.1 Å². The second kappa shape index (κ2) is 5.07. The number of rotatable bonds is 5. The molecule has 2 heterocycles. The standard InChI is InChI=1S/C10H16N6O/c1-15-9(3-4-12-15)10-8(7-11)13-14-16(10)5-6-17-2/h3-4H,5-7,11H2,1-2H3. The zero-order chi connectivity index (χ0) is 12.3. The highest BCUT2D eigenvalue weighted by Crippen LogP contribution is 2.20. The highest BCUT2D eigenvalue weighted by atomic mass is 16.5. The Morgan fingerprint density at radius 2 is 2.29 bits per heavy atom. The lowest BCUT2D eigenvalue weighted by Gasteiger charge is -2.07. The van der Waals surface area contributed by atoms with Crippen LogP contribution in [0.15, 0.2) is 12.3 Å². The summed E-state index contributed by atoms with van der Waals surface area (Å²) in [4.78, 5) is 0. The number of nitrogens with zero attached hydrogens (tertiary/aromatic N) is 5. The maximum Gasteiger partial charge on any atom is 0.111 e. The summed E-state index contributed by atoms with van der Waals surface area (Å²) < 4.78 is 8.62. The smallest absolute Gasteiger partial charge is 0.111 e. The van der Waals surface area contributed by atoms with Crippen molar-refractivity contribution < 1.29 is 4.74 Å². The van der Waals surface area contributed by atoms with E-state index in [1.54, 1.807) is 22.7 Å². The van der Waals surface area contributed by atoms with Gasteiger partial charge in [0.25, 0.3) is 0 Å². The fourth-order valence-electron chi connectivity index (χ4n) is 1.71. The minimum atomic E-state index is 0.355. The first-order valence-electron chi connectivity index (χ1n) is 5.37. The first kappa shape index (κ1) is 11.7. The van der Waals surface area contributed by atoms with Crippen LogP contribution in [-0.2, 0) is 24.9 Å². The highest BCUT2D eigenvalue weighted by Gasteiger charge is 2.16. The van der Waals surface area contributed by atoms with E-state index < -0.39 is 0 Å². The Balaban J connectivity index is 2.42. The van der Waals surface area contributed by atoms with Crippen LogP contribution in [0.5, 0.6) is 0 Å². The van der Waals surface area contributed by atoms with Crippen LogP contribution in [0.4, 0.5) is 0 Å². The molecule has 0 saturated carbocycles. The van der Waals surface area contributed by atoms with Gasteiger partial charge in [0.05, 0.1) is 18.8 Å². The minimum Gasteiger partial charge on any atom is -0.383 e. The van der Waals surface area contributed by atoms with Gasteiger partial charge in [0, 0.05) is 26.9 Å². The maximum absolute atomic E-state index is 5.67. The van der Waals surface area contributed by atoms with E-state index in [1.165, 1.54) is 0 Å². The molecule has 92 valence electrons. The van der Waals surface area contributed by atoms with Crippen LogP contribution in [0.2, 0.25) is 0 Å². The summed E-state index contributed by atoms with van der Waals surface area (Å²) in [6, 6.07) is 1.92. The molecule has 0 amide bonds. The lowest BCUT2D eigenvalue weighted by molar-refractivity contribution is 0.183. The Bertz CT molecular complexity index is 489. The molecule has 17 heavy (non-hydrogen) atoms. The highest BCUT2D eigenvalue weighted by molar-refractivity contribution is 5.57. The van der Waals surface area contributed by atoms with Crippen molar-refractivity contribution in [2.45, 2.75) is 13.1 Å². The molecule has 0 aliphatic carbocycles. The number of hydrogen-bond donors (Lipinski definition) is 1. The largest absolute Gasteiger partial charge is 0.383 e. The van der Waals surface area contributed by atoms with Gasteiger partial charge in [-0.2, -0.15) is 5.10 Å². The van der Waals surface area contributed by atoms with Crippen LogP contribution >= 0.6 is 0 Å². The van der Waals surface area contributed by atoms with Gasteiger partial charge in [0.15, 0.2) is 0 Å². The summed E-state index contributed by atoms with van der Waals surface area (Å²) in [5.41, 5.74) is 8.30. The van der Waals surface area contributed by atoms with Gasteiger partial charge >= 0.3 is 0 Å². The van der Waals surface area contributed by atoms with Gasteiger partial charge in [-0.25, -0.2) is 4.68 Å². The number of nitrogens with two attached hydrogens (primary N) is 1. The van der Waals surface area contributed by atoms with Crippen LogP contribution in [-0.4, -0.2) is 38.5 Å². The molecule has 0 spiro atoms. The van der Waals surface area contributed by atoms with Crippen LogP contribution in [0.3, 0.4) is 0 Å². The summed E-state index contributed by atoms with van der Waals surface area (Å²) in [5, 5.41) is 12.3. The molecule has 2 aromatic rings. The number of aryl methyl sites for hydroxylation is 1. The fraction of sp³-hybridized carbons (Fsp3) is 0.500. The molecule has 0 aliphatic rings. The zero-order valence-electron chi connectivity index (χ0n) is 10.00. The molecule has 0 radical (unpaired) electrons. The molecule has 0 saturated heterocycles. The van der Waals surface area contributed by atoms with Crippen LogP contribution in [0, 0.1) is 0 Å². The van der Waals surface area contributed by atoms with Crippen LogP contribution in [0.25, 0.3) is 11.4 Å². The average Bonchev–Trinajstić information content (AvgIpc) is 2.91. The lowest BCUT2D eigenvalue weighted by atomic mass is 10.2. The van der Waals surface area contributed by atoms with Crippen molar-refractivity contribution in [3.63, 3.8) is 0 Å². The second-order valence-corrected chi connectivity index (χ2v) is 3.64. The number of methoxy groups -OCH3 is 1. The monoisotopic (exact) mass is 236 g/mol. The normalized spacial score (nSPS) is 11.0. The summed E-state index contributed by atoms with van der Waals surface area (Å²) in [7, 11) is 3.54. The predicted octanol–water partition coefficient (Wildman–Crippen LogP) is -0.216. The van der Waals surface area contributed by atoms with Crippen LogP contribution < -0.4 is 5.73 Å². The van der Waals surface area contributed by atoms with E-state index in [0.717, 1.165) is 17.1 Å². The Morgan fingerprint density at radius 3 is 2.88 bits per heavy atom. The third-order valence-corrected chi connectivity index (χ3v) is 2.57. The minimum absolute atomic E-state index is 0.355. The molecular weight excluding hydrogens is 220 g/mol. The van der Waals surface area contributed by atoms with Crippen molar-refractivity contribution in [2.75, 3.05) is 13.7 Å². The third kappa shape index (κ3) is 2.20. The average molecular weight is 236 g/mol. The van der Waals surface area contributed by atoms with Crippen molar-refractivity contribution in [1.29, 1.82) is 0 Å². The molecule has 2 N–H and O–H groups in total. The lowest BCUT2D eigenvalue weighted by Crippen LogP contribution is -2.10. The Hall–Kier alpha value is -1.73. The molecule has 0 aromatic carbocycles. The maximum atomic E-state index is 5.67. The molecule has 0 atom stereocenters. The van der Waals surface area contributed by atoms with Gasteiger partial charge < -0.3 is 10.5 Å². The molecule has 0 aliphatic heterocycles. The van der Waals surface area contributed by atoms with Gasteiger partial charge in [0.2, 0.25) is 0 Å². The SMILES string of the molecule is COCCn1nnc(CN)c1-c1ccnn1C. The number of hydrogen-bond acceptors (Lipinski definition) is 5. The first-order valence-corrected chi connectivity index (χ1v) is 5.37. The Kier molecular flexibility index (Phi) is 3.50. The van der Waals surface area contributed by atoms with Crippen LogP contribution in [0.1, 0.15) is 5.69 Å². The van der Waals surface area contributed by atoms with Gasteiger partial charge in [-0.1, -0.05) is 5.21 Å². The molecule has 7 nitrogen and oxygen atoms in total. The van der Waals surface area contributed by atoms with E-state index >= 15 is 0 Å². The third-order valence-electron chi connectivity index (χ3n) is 2.57. The topological polar surface area (TPSA) is 83.8 Å². The van der Waals surface area contributed by atoms with Gasteiger partial charge in [0.1, 0.15) is 11.4 Å². The van der Waals surface area contributed by atoms with Gasteiger partial charge in [-0.15, -0.1) is 5.10 Å². The van der Waals surface area contributed by atoms with Crippen molar-refractivity contribution in [3.8, 4) is 11.4 Å². The van der Waals surface area contributed by atoms with E-state index in [2.05, 4.69) is 15.4 Å². The Morgan fingerprint density at radius 1 is 1.47 bits per heavy atom. The molecule has 2 rings (SSSR count). The molecule has 0 fully saturated rings. The second-order valence-electron chi connectivity index (χ2n) is 3.64. The summed E-state index contributed by atoms with van der Waals surface area (Å²) >= 11 is 0. The number of aromatic nitrogens is 5. The van der Waals surface area contributed by atoms with E-state index in [0.29, 0.717) is 19.7 Å². The van der Waals surface area contributed by atoms with Crippen molar-refractivity contribution in [3.05, 3.63) is 18.0 Å². The first-order chi connectivity index (χ1) is 8.27.